The molecule has 0 aromatic rings. The van der Waals surface area contributed by atoms with Crippen LogP contribution in [-0.4, -0.2) is 17.6 Å². The Bertz CT molecular complexity index is 47.5. The van der Waals surface area contributed by atoms with Crippen molar-refractivity contribution in [1.29, 1.82) is 0 Å². The lowest BCUT2D eigenvalue weighted by Gasteiger charge is -1.84. The molecule has 0 aromatic heterocycles. The Balaban J connectivity index is 2.99. The molecule has 6 heavy (non-hydrogen) atoms. The van der Waals surface area contributed by atoms with Gasteiger partial charge in [0.2, 0.25) is 10.1 Å². The summed E-state index contributed by atoms with van der Waals surface area (Å²) in [4.78, 5) is 0. The molecule has 1 atom stereocenters. The van der Waals surface area contributed by atoms with Crippen molar-refractivity contribution in [3.05, 3.63) is 0 Å². The van der Waals surface area contributed by atoms with E-state index in [0.717, 1.165) is 0 Å². The van der Waals surface area contributed by atoms with Gasteiger partial charge < -0.3 is 0 Å². The van der Waals surface area contributed by atoms with Crippen LogP contribution in [-0.2, 0) is 14.3 Å². The smallest absolute Gasteiger partial charge is 0.218 e. The van der Waals surface area contributed by atoms with Crippen molar-refractivity contribution in [2.24, 2.45) is 0 Å². The highest BCUT2D eigenvalue weighted by Crippen LogP contribution is 1.98. The minimum absolute atomic E-state index is 1.12. The van der Waals surface area contributed by atoms with E-state index in [1.807, 2.05) is 0 Å². The van der Waals surface area contributed by atoms with E-state index in [9.17, 15) is 4.21 Å². The van der Waals surface area contributed by atoms with Crippen molar-refractivity contribution in [3.63, 3.8) is 0 Å². The summed E-state index contributed by atoms with van der Waals surface area (Å²) in [7, 11) is 1.47. The first-order valence-corrected chi connectivity index (χ1v) is 4.13. The van der Waals surface area contributed by atoms with Gasteiger partial charge in [-0.25, -0.2) is 4.21 Å². The lowest BCUT2D eigenvalue weighted by atomic mass is 11.8. The number of rotatable bonds is 2. The average molecular weight is 126 g/mol. The molecule has 0 fully saturated rings. The third-order valence-electron chi connectivity index (χ3n) is 0.272. The Labute approximate surface area is 43.3 Å². The van der Waals surface area contributed by atoms with Crippen molar-refractivity contribution < 1.29 is 8.39 Å². The van der Waals surface area contributed by atoms with Crippen molar-refractivity contribution in [1.82, 2.24) is 0 Å². The van der Waals surface area contributed by atoms with Gasteiger partial charge in [-0.05, 0) is 17.0 Å². The molecule has 0 aliphatic rings. The zero-order valence-corrected chi connectivity index (χ0v) is 5.27. The third kappa shape index (κ3) is 2.68. The fourth-order valence-corrected chi connectivity index (χ4v) is 0.612. The summed E-state index contributed by atoms with van der Waals surface area (Å²) in [5, 5.41) is 0. The van der Waals surface area contributed by atoms with E-state index >= 15 is 0 Å². The molecule has 0 bridgehead atoms. The van der Waals surface area contributed by atoms with Gasteiger partial charge in [-0.2, -0.15) is 0 Å². The monoisotopic (exact) mass is 126 g/mol. The van der Waals surface area contributed by atoms with Gasteiger partial charge in [0, 0.05) is 0 Å². The highest BCUT2D eigenvalue weighted by atomic mass is 33.1. The predicted molar refractivity (Wildman–Crippen MR) is 28.7 cm³/mol. The summed E-state index contributed by atoms with van der Waals surface area (Å²) in [5.74, 6) is 0. The minimum atomic E-state index is -1.12. The van der Waals surface area contributed by atoms with Crippen LogP contribution in [0.3, 0.4) is 0 Å². The second-order valence-corrected chi connectivity index (χ2v) is 3.43. The fourth-order valence-electron chi connectivity index (χ4n) is 0.0680. The summed E-state index contributed by atoms with van der Waals surface area (Å²) in [6.07, 6.45) is 1.72. The normalized spacial score (nSPS) is 14.3. The first-order chi connectivity index (χ1) is 2.81. The van der Waals surface area contributed by atoms with Gasteiger partial charge in [0.25, 0.3) is 0 Å². The maximum Gasteiger partial charge on any atom is 0.218 e. The van der Waals surface area contributed by atoms with E-state index in [4.69, 9.17) is 0 Å². The Morgan fingerprint density at radius 1 is 1.83 bits per heavy atom. The zero-order chi connectivity index (χ0) is 4.99. The van der Waals surface area contributed by atoms with Crippen LogP contribution in [0.5, 0.6) is 0 Å². The van der Waals surface area contributed by atoms with Crippen LogP contribution >= 0.6 is 10.8 Å². The minimum Gasteiger partial charge on any atom is -0.285 e. The molecule has 0 radical (unpaired) electrons. The lowest BCUT2D eigenvalue weighted by molar-refractivity contribution is 0.458. The van der Waals surface area contributed by atoms with Crippen LogP contribution in [0.25, 0.3) is 0 Å². The zero-order valence-electron chi connectivity index (χ0n) is 3.63. The second kappa shape index (κ2) is 3.64. The second-order valence-electron chi connectivity index (χ2n) is 0.537. The maximum atomic E-state index is 10.0. The van der Waals surface area contributed by atoms with Gasteiger partial charge in [-0.3, -0.25) is 4.18 Å². The van der Waals surface area contributed by atoms with Crippen LogP contribution in [0, 0.1) is 0 Å². The molecule has 0 aliphatic heterocycles. The summed E-state index contributed by atoms with van der Waals surface area (Å²) < 4.78 is 14.4. The Hall–Kier alpha value is 0.460. The fraction of sp³-hybridized carbons (Fsp3) is 1.00. The first kappa shape index (κ1) is 6.46. The van der Waals surface area contributed by atoms with E-state index in [0.29, 0.717) is 0 Å². The Morgan fingerprint density at radius 2 is 2.33 bits per heavy atom. The van der Waals surface area contributed by atoms with Gasteiger partial charge in [-0.15, -0.1) is 0 Å². The van der Waals surface area contributed by atoms with E-state index < -0.39 is 10.1 Å². The molecule has 0 amide bonds. The molecule has 0 aliphatic carbocycles. The van der Waals surface area contributed by atoms with Crippen LogP contribution in [0.2, 0.25) is 0 Å². The SMILES string of the molecule is COS(=O)SC. The molecule has 0 spiro atoms. The molecule has 0 saturated heterocycles. The number of hydrogen-bond donors (Lipinski definition) is 0. The largest absolute Gasteiger partial charge is 0.285 e. The Kier molecular flexibility index (Phi) is 3.92. The van der Waals surface area contributed by atoms with Crippen LogP contribution in [0.1, 0.15) is 0 Å². The average Bonchev–Trinajstić information content (AvgIpc) is 1.65. The Morgan fingerprint density at radius 3 is 2.33 bits per heavy atom. The highest BCUT2D eigenvalue weighted by Gasteiger charge is 1.85. The maximum absolute atomic E-state index is 10.0. The summed E-state index contributed by atoms with van der Waals surface area (Å²) in [6.45, 7) is 0. The van der Waals surface area contributed by atoms with Gasteiger partial charge >= 0.3 is 0 Å². The van der Waals surface area contributed by atoms with E-state index in [1.165, 1.54) is 17.9 Å². The molecule has 0 aromatic carbocycles. The van der Waals surface area contributed by atoms with Crippen LogP contribution in [0.15, 0.2) is 0 Å². The van der Waals surface area contributed by atoms with Gasteiger partial charge in [0.05, 0.1) is 7.11 Å². The van der Waals surface area contributed by atoms with Crippen LogP contribution in [0.4, 0.5) is 0 Å². The van der Waals surface area contributed by atoms with Gasteiger partial charge in [0.1, 0.15) is 0 Å². The summed E-state index contributed by atoms with van der Waals surface area (Å²) in [5.41, 5.74) is 0. The molecular weight excluding hydrogens is 120 g/mol. The third-order valence-corrected chi connectivity index (χ3v) is 2.04. The van der Waals surface area contributed by atoms with E-state index in [-0.39, 0.29) is 0 Å². The van der Waals surface area contributed by atoms with Crippen molar-refractivity contribution >= 4 is 20.9 Å². The summed E-state index contributed by atoms with van der Waals surface area (Å²) >= 11 is 0. The molecule has 4 heteroatoms. The molecule has 1 unspecified atom stereocenters. The van der Waals surface area contributed by atoms with Crippen molar-refractivity contribution in [3.8, 4) is 0 Å². The van der Waals surface area contributed by atoms with Gasteiger partial charge in [-0.1, -0.05) is 0 Å². The lowest BCUT2D eigenvalue weighted by Crippen LogP contribution is -1.80. The molecule has 0 N–H and O–H groups in total. The predicted octanol–water partition coefficient (Wildman–Crippen LogP) is 0.575. The molecule has 0 heterocycles. The number of hydrogen-bond acceptors (Lipinski definition) is 3. The van der Waals surface area contributed by atoms with Gasteiger partial charge in [0.15, 0.2) is 0 Å². The molecule has 38 valence electrons. The van der Waals surface area contributed by atoms with E-state index in [1.54, 1.807) is 6.26 Å². The first-order valence-electron chi connectivity index (χ1n) is 1.32. The molecule has 0 rings (SSSR count). The highest BCUT2D eigenvalue weighted by molar-refractivity contribution is 8.67. The molecular formula is C2H6O2S2. The topological polar surface area (TPSA) is 26.3 Å². The van der Waals surface area contributed by atoms with Crippen molar-refractivity contribution in [2.75, 3.05) is 13.4 Å². The quantitative estimate of drug-likeness (QED) is 0.506. The molecule has 0 saturated carbocycles. The van der Waals surface area contributed by atoms with E-state index in [2.05, 4.69) is 4.18 Å². The van der Waals surface area contributed by atoms with Crippen molar-refractivity contribution in [2.45, 2.75) is 0 Å². The standard InChI is InChI=1S/C2H6O2S2/c1-4-6(3)5-2/h1-2H3. The van der Waals surface area contributed by atoms with Crippen LogP contribution < -0.4 is 0 Å². The molecule has 2 nitrogen and oxygen atoms in total. The summed E-state index contributed by atoms with van der Waals surface area (Å²) in [6, 6.07) is 0.